The molecule has 1 atom stereocenters. The molecule has 32 heavy (non-hydrogen) atoms. The Morgan fingerprint density at radius 2 is 1.62 bits per heavy atom. The minimum Gasteiger partial charge on any atom is -0.503 e. The van der Waals surface area contributed by atoms with Crippen molar-refractivity contribution in [3.8, 4) is 11.5 Å². The van der Waals surface area contributed by atoms with Crippen LogP contribution >= 0.6 is 0 Å². The normalized spacial score (nSPS) is 16.0. The Kier molecular flexibility index (Phi) is 6.77. The summed E-state index contributed by atoms with van der Waals surface area (Å²) in [5, 5.41) is 10.8. The predicted molar refractivity (Wildman–Crippen MR) is 125 cm³/mol. The average molecular weight is 439 g/mol. The third kappa shape index (κ3) is 4.42. The molecule has 2 aromatic carbocycles. The number of rotatable bonds is 8. The van der Waals surface area contributed by atoms with E-state index in [-0.39, 0.29) is 23.7 Å². The fraction of sp³-hybridized carbons (Fsp3) is 0.360. The molecule has 3 rings (SSSR count). The average Bonchev–Trinajstić information content (AvgIpc) is 3.03. The van der Waals surface area contributed by atoms with Crippen molar-refractivity contribution in [3.05, 3.63) is 59.4 Å². The molecule has 0 saturated carbocycles. The van der Waals surface area contributed by atoms with Crippen LogP contribution < -0.4 is 19.3 Å². The number of Topliss-reactive ketones (excluding diaryl/α,β-unsaturated/α-hetero) is 1. The molecule has 1 aliphatic heterocycles. The van der Waals surface area contributed by atoms with E-state index in [1.807, 2.05) is 57.1 Å². The summed E-state index contributed by atoms with van der Waals surface area (Å²) in [7, 11) is 6.92. The van der Waals surface area contributed by atoms with Crippen molar-refractivity contribution in [2.75, 3.05) is 38.1 Å². The lowest BCUT2D eigenvalue weighted by Crippen LogP contribution is -2.31. The number of ketones is 1. The van der Waals surface area contributed by atoms with Crippen molar-refractivity contribution in [3.63, 3.8) is 0 Å². The quantitative estimate of drug-likeness (QED) is 0.663. The van der Waals surface area contributed by atoms with E-state index in [9.17, 15) is 14.7 Å². The number of methoxy groups -OCH3 is 2. The van der Waals surface area contributed by atoms with Crippen molar-refractivity contribution in [1.29, 1.82) is 0 Å². The van der Waals surface area contributed by atoms with E-state index in [2.05, 4.69) is 0 Å². The molecule has 1 heterocycles. The second-order valence-electron chi connectivity index (χ2n) is 8.42. The zero-order valence-electron chi connectivity index (χ0n) is 19.4. The first kappa shape index (κ1) is 23.2. The lowest BCUT2D eigenvalue weighted by Gasteiger charge is -2.28. The molecule has 0 saturated heterocycles. The minimum atomic E-state index is -0.762. The Morgan fingerprint density at radius 3 is 2.09 bits per heavy atom. The molecule has 0 spiro atoms. The van der Waals surface area contributed by atoms with E-state index in [4.69, 9.17) is 9.47 Å². The van der Waals surface area contributed by atoms with Crippen LogP contribution in [0.15, 0.2) is 53.8 Å². The van der Waals surface area contributed by atoms with Crippen LogP contribution in [0.3, 0.4) is 0 Å². The van der Waals surface area contributed by atoms with Crippen molar-refractivity contribution >= 4 is 23.1 Å². The number of ether oxygens (including phenoxy) is 2. The standard InChI is InChI=1S/C25H30N2O5/c1-15(2)11-21(28)22-23(16-7-9-17(10-8-16)26(3)4)27(25(30)24(22)29)18-12-19(31-5)14-20(13-18)32-6/h7-10,12-15,23,29H,11H2,1-6H3. The highest BCUT2D eigenvalue weighted by atomic mass is 16.5. The summed E-state index contributed by atoms with van der Waals surface area (Å²) in [6.45, 7) is 3.86. The van der Waals surface area contributed by atoms with Gasteiger partial charge in [-0.05, 0) is 23.6 Å². The molecule has 1 amide bonds. The molecule has 1 N–H and O–H groups in total. The number of benzene rings is 2. The van der Waals surface area contributed by atoms with Crippen molar-refractivity contribution < 1.29 is 24.2 Å². The summed E-state index contributed by atoms with van der Waals surface area (Å²) in [5.74, 6) is -0.315. The second-order valence-corrected chi connectivity index (χ2v) is 8.42. The van der Waals surface area contributed by atoms with E-state index in [1.165, 1.54) is 19.1 Å². The minimum absolute atomic E-state index is 0.0839. The first-order valence-corrected chi connectivity index (χ1v) is 10.5. The summed E-state index contributed by atoms with van der Waals surface area (Å²) in [4.78, 5) is 29.8. The third-order valence-electron chi connectivity index (χ3n) is 5.44. The van der Waals surface area contributed by atoms with Crippen molar-refractivity contribution in [1.82, 2.24) is 0 Å². The Labute approximate surface area is 188 Å². The Hall–Kier alpha value is -3.48. The van der Waals surface area contributed by atoms with Gasteiger partial charge in [0.05, 0.1) is 31.5 Å². The van der Waals surface area contributed by atoms with Crippen LogP contribution in [0.2, 0.25) is 0 Å². The predicted octanol–water partition coefficient (Wildman–Crippen LogP) is 4.29. The van der Waals surface area contributed by atoms with Gasteiger partial charge in [0.1, 0.15) is 11.5 Å². The number of nitrogens with zero attached hydrogens (tertiary/aromatic N) is 2. The van der Waals surface area contributed by atoms with Crippen LogP contribution in [0.4, 0.5) is 11.4 Å². The second kappa shape index (κ2) is 9.34. The fourth-order valence-corrected chi connectivity index (χ4v) is 3.84. The molecule has 0 bridgehead atoms. The van der Waals surface area contributed by atoms with Gasteiger partial charge in [-0.2, -0.15) is 0 Å². The SMILES string of the molecule is COc1cc(OC)cc(N2C(=O)C(O)=C(C(=O)CC(C)C)C2c2ccc(N(C)C)cc2)c1. The summed E-state index contributed by atoms with van der Waals surface area (Å²) < 4.78 is 10.7. The maximum atomic E-state index is 13.2. The van der Waals surface area contributed by atoms with E-state index in [0.29, 0.717) is 17.2 Å². The van der Waals surface area contributed by atoms with Gasteiger partial charge < -0.3 is 19.5 Å². The zero-order chi connectivity index (χ0) is 23.6. The number of anilines is 2. The van der Waals surface area contributed by atoms with Gasteiger partial charge in [-0.1, -0.05) is 26.0 Å². The van der Waals surface area contributed by atoms with Crippen molar-refractivity contribution in [2.45, 2.75) is 26.3 Å². The zero-order valence-corrected chi connectivity index (χ0v) is 19.4. The summed E-state index contributed by atoms with van der Waals surface area (Å²) >= 11 is 0. The van der Waals surface area contributed by atoms with E-state index < -0.39 is 17.7 Å². The molecule has 7 nitrogen and oxygen atoms in total. The number of carbonyl (C=O) groups excluding carboxylic acids is 2. The molecule has 0 fully saturated rings. The van der Waals surface area contributed by atoms with E-state index >= 15 is 0 Å². The maximum Gasteiger partial charge on any atom is 0.294 e. The Morgan fingerprint density at radius 1 is 1.06 bits per heavy atom. The van der Waals surface area contributed by atoms with Crippen LogP contribution in [0.1, 0.15) is 31.9 Å². The number of amides is 1. The van der Waals surface area contributed by atoms with Crippen LogP contribution in [0, 0.1) is 5.92 Å². The summed E-state index contributed by atoms with van der Waals surface area (Å²) in [6.07, 6.45) is 0.230. The van der Waals surface area contributed by atoms with Gasteiger partial charge in [0, 0.05) is 44.4 Å². The number of aliphatic hydroxyl groups excluding tert-OH is 1. The Balaban J connectivity index is 2.18. The van der Waals surface area contributed by atoms with Crippen LogP contribution in [0.25, 0.3) is 0 Å². The first-order chi connectivity index (χ1) is 15.2. The highest BCUT2D eigenvalue weighted by Gasteiger charge is 2.44. The van der Waals surface area contributed by atoms with Crippen LogP contribution in [-0.2, 0) is 9.59 Å². The molecule has 170 valence electrons. The van der Waals surface area contributed by atoms with Gasteiger partial charge in [0.15, 0.2) is 11.5 Å². The third-order valence-corrected chi connectivity index (χ3v) is 5.44. The van der Waals surface area contributed by atoms with E-state index in [0.717, 1.165) is 11.3 Å². The van der Waals surface area contributed by atoms with Crippen LogP contribution in [0.5, 0.6) is 11.5 Å². The topological polar surface area (TPSA) is 79.3 Å². The number of carbonyl (C=O) groups is 2. The highest BCUT2D eigenvalue weighted by molar-refractivity contribution is 6.16. The molecular formula is C25H30N2O5. The van der Waals surface area contributed by atoms with Gasteiger partial charge in [-0.3, -0.25) is 14.5 Å². The highest BCUT2D eigenvalue weighted by Crippen LogP contribution is 2.43. The van der Waals surface area contributed by atoms with Gasteiger partial charge in [-0.15, -0.1) is 0 Å². The number of aliphatic hydroxyl groups is 1. The van der Waals surface area contributed by atoms with Gasteiger partial charge >= 0.3 is 0 Å². The Bertz CT molecular complexity index is 1020. The maximum absolute atomic E-state index is 13.2. The molecular weight excluding hydrogens is 408 g/mol. The smallest absolute Gasteiger partial charge is 0.294 e. The lowest BCUT2D eigenvalue weighted by molar-refractivity contribution is -0.118. The van der Waals surface area contributed by atoms with Crippen LogP contribution in [-0.4, -0.2) is 45.1 Å². The van der Waals surface area contributed by atoms with Crippen molar-refractivity contribution in [2.24, 2.45) is 5.92 Å². The molecule has 1 aliphatic rings. The van der Waals surface area contributed by atoms with Gasteiger partial charge in [0.2, 0.25) is 0 Å². The number of hydrogen-bond acceptors (Lipinski definition) is 6. The van der Waals surface area contributed by atoms with Gasteiger partial charge in [-0.25, -0.2) is 0 Å². The largest absolute Gasteiger partial charge is 0.503 e. The molecule has 2 aromatic rings. The van der Waals surface area contributed by atoms with E-state index in [1.54, 1.807) is 18.2 Å². The first-order valence-electron chi connectivity index (χ1n) is 10.5. The molecule has 0 aromatic heterocycles. The fourth-order valence-electron chi connectivity index (χ4n) is 3.84. The molecule has 1 unspecified atom stereocenters. The summed E-state index contributed by atoms with van der Waals surface area (Å²) in [6, 6.07) is 11.9. The monoisotopic (exact) mass is 438 g/mol. The summed E-state index contributed by atoms with van der Waals surface area (Å²) in [5.41, 5.74) is 2.28. The van der Waals surface area contributed by atoms with Gasteiger partial charge in [0.25, 0.3) is 5.91 Å². The molecule has 7 heteroatoms. The number of hydrogen-bond donors (Lipinski definition) is 1. The molecule has 0 radical (unpaired) electrons. The lowest BCUT2D eigenvalue weighted by atomic mass is 9.92. The molecule has 0 aliphatic carbocycles.